The molecular weight excluding hydrogens is 254 g/mol. The molecule has 4 nitrogen and oxygen atoms in total. The second-order valence-corrected chi connectivity index (χ2v) is 5.52. The van der Waals surface area contributed by atoms with Crippen molar-refractivity contribution in [2.45, 2.75) is 32.3 Å². The van der Waals surface area contributed by atoms with E-state index in [4.69, 9.17) is 5.26 Å². The second-order valence-electron chi connectivity index (χ2n) is 5.52. The third kappa shape index (κ3) is 2.33. The third-order valence-corrected chi connectivity index (χ3v) is 4.04. The van der Waals surface area contributed by atoms with E-state index in [-0.39, 0.29) is 5.56 Å². The van der Waals surface area contributed by atoms with Gasteiger partial charge in [-0.15, -0.1) is 0 Å². The lowest BCUT2D eigenvalue weighted by molar-refractivity contribution is 0.0588. The molecule has 0 saturated heterocycles. The first-order valence-electron chi connectivity index (χ1n) is 6.49. The highest BCUT2D eigenvalue weighted by Crippen LogP contribution is 2.54. The van der Waals surface area contributed by atoms with Crippen LogP contribution in [0, 0.1) is 23.7 Å². The van der Waals surface area contributed by atoms with Crippen LogP contribution in [0.5, 0.6) is 0 Å². The fourth-order valence-electron chi connectivity index (χ4n) is 2.39. The number of benzene rings is 1. The summed E-state index contributed by atoms with van der Waals surface area (Å²) in [5, 5.41) is 28.8. The molecule has 1 aliphatic carbocycles. The van der Waals surface area contributed by atoms with E-state index in [2.05, 4.69) is 6.07 Å². The summed E-state index contributed by atoms with van der Waals surface area (Å²) in [6.45, 7) is 3.33. The van der Waals surface area contributed by atoms with Crippen LogP contribution in [0.4, 0.5) is 0 Å². The van der Waals surface area contributed by atoms with Crippen molar-refractivity contribution in [3.63, 3.8) is 0 Å². The summed E-state index contributed by atoms with van der Waals surface area (Å²) in [6, 6.07) is 7.35. The van der Waals surface area contributed by atoms with Gasteiger partial charge in [0.2, 0.25) is 0 Å². The molecule has 1 aromatic carbocycles. The van der Waals surface area contributed by atoms with Crippen LogP contribution >= 0.6 is 0 Å². The number of rotatable bonds is 4. The van der Waals surface area contributed by atoms with Crippen molar-refractivity contribution in [3.05, 3.63) is 41.0 Å². The van der Waals surface area contributed by atoms with Crippen molar-refractivity contribution < 1.29 is 15.0 Å². The normalized spacial score (nSPS) is 19.3. The Morgan fingerprint density at radius 3 is 2.65 bits per heavy atom. The number of hydrogen-bond acceptors (Lipinski definition) is 3. The maximum absolute atomic E-state index is 11.3. The maximum Gasteiger partial charge on any atom is 0.336 e. The van der Waals surface area contributed by atoms with Crippen LogP contribution in [0.15, 0.2) is 24.3 Å². The van der Waals surface area contributed by atoms with Gasteiger partial charge in [0.05, 0.1) is 22.6 Å². The van der Waals surface area contributed by atoms with E-state index in [1.54, 1.807) is 38.1 Å². The molecule has 0 heterocycles. The molecule has 1 aliphatic rings. The second kappa shape index (κ2) is 4.77. The maximum atomic E-state index is 11.3. The lowest BCUT2D eigenvalue weighted by atomic mass is 9.86. The molecule has 20 heavy (non-hydrogen) atoms. The molecule has 0 bridgehead atoms. The molecule has 4 heteroatoms. The minimum absolute atomic E-state index is 0.223. The molecule has 2 N–H and O–H groups in total. The Morgan fingerprint density at radius 2 is 2.15 bits per heavy atom. The summed E-state index contributed by atoms with van der Waals surface area (Å²) in [5.41, 5.74) is -0.550. The summed E-state index contributed by atoms with van der Waals surface area (Å²) in [7, 11) is 0. The van der Waals surface area contributed by atoms with Gasteiger partial charge in [-0.1, -0.05) is 30.4 Å². The van der Waals surface area contributed by atoms with Gasteiger partial charge in [-0.25, -0.2) is 4.79 Å². The fraction of sp³-hybridized carbons (Fsp3) is 0.375. The molecule has 104 valence electrons. The van der Waals surface area contributed by atoms with Gasteiger partial charge in [-0.05, 0) is 37.8 Å². The third-order valence-electron chi connectivity index (χ3n) is 4.04. The minimum atomic E-state index is -1.25. The zero-order chi connectivity index (χ0) is 15.0. The summed E-state index contributed by atoms with van der Waals surface area (Å²) in [5.74, 6) is -0.996. The number of carbonyl (C=O) groups is 1. The largest absolute Gasteiger partial charge is 0.478 e. The Hall–Kier alpha value is -2.12. The molecular formula is C16H17NO3. The van der Waals surface area contributed by atoms with E-state index < -0.39 is 17.0 Å². The molecule has 0 aromatic heterocycles. The Bertz CT molecular complexity index is 619. The molecule has 2 rings (SSSR count). The van der Waals surface area contributed by atoms with Gasteiger partial charge in [0.15, 0.2) is 0 Å². The van der Waals surface area contributed by atoms with Crippen LogP contribution < -0.4 is 0 Å². The van der Waals surface area contributed by atoms with E-state index in [1.165, 1.54) is 6.08 Å². The van der Waals surface area contributed by atoms with Crippen molar-refractivity contribution in [2.24, 2.45) is 5.41 Å². The van der Waals surface area contributed by atoms with Crippen molar-refractivity contribution in [3.8, 4) is 6.07 Å². The summed E-state index contributed by atoms with van der Waals surface area (Å²) >= 11 is 0. The lowest BCUT2D eigenvalue weighted by Crippen LogP contribution is -2.32. The van der Waals surface area contributed by atoms with Crippen molar-refractivity contribution in [2.75, 3.05) is 0 Å². The van der Waals surface area contributed by atoms with Crippen molar-refractivity contribution in [1.29, 1.82) is 5.26 Å². The van der Waals surface area contributed by atoms with Gasteiger partial charge in [-0.3, -0.25) is 0 Å². The molecule has 0 radical (unpaired) electrons. The highest BCUT2D eigenvalue weighted by molar-refractivity contribution is 5.93. The van der Waals surface area contributed by atoms with E-state index in [9.17, 15) is 15.0 Å². The first-order chi connectivity index (χ1) is 9.33. The number of carboxylic acid groups (broad SMARTS) is 1. The highest BCUT2D eigenvalue weighted by atomic mass is 16.4. The number of hydrogen-bond donors (Lipinski definition) is 2. The lowest BCUT2D eigenvalue weighted by Gasteiger charge is -2.24. The Morgan fingerprint density at radius 1 is 1.50 bits per heavy atom. The highest BCUT2D eigenvalue weighted by Gasteiger charge is 2.55. The molecule has 0 aliphatic heterocycles. The van der Waals surface area contributed by atoms with Gasteiger partial charge in [-0.2, -0.15) is 5.26 Å². The molecule has 0 spiro atoms. The predicted octanol–water partition coefficient (Wildman–Crippen LogP) is 2.76. The molecule has 0 amide bonds. The van der Waals surface area contributed by atoms with Crippen LogP contribution in [-0.2, 0) is 0 Å². The quantitative estimate of drug-likeness (QED) is 0.882. The Kier molecular flexibility index (Phi) is 3.41. The first kappa shape index (κ1) is 14.3. The molecule has 1 atom stereocenters. The number of nitriles is 1. The smallest absolute Gasteiger partial charge is 0.336 e. The van der Waals surface area contributed by atoms with Crippen LogP contribution in [0.1, 0.15) is 41.3 Å². The van der Waals surface area contributed by atoms with Crippen LogP contribution in [0.25, 0.3) is 6.08 Å². The molecule has 1 fully saturated rings. The van der Waals surface area contributed by atoms with Gasteiger partial charge in [0.1, 0.15) is 0 Å². The van der Waals surface area contributed by atoms with E-state index in [0.29, 0.717) is 24.0 Å². The van der Waals surface area contributed by atoms with Crippen LogP contribution in [0.2, 0.25) is 0 Å². The summed E-state index contributed by atoms with van der Waals surface area (Å²) in [4.78, 5) is 11.3. The Balaban J connectivity index is 2.36. The zero-order valence-electron chi connectivity index (χ0n) is 11.6. The van der Waals surface area contributed by atoms with Crippen molar-refractivity contribution in [1.82, 2.24) is 0 Å². The summed E-state index contributed by atoms with van der Waals surface area (Å²) in [6.07, 6.45) is 4.46. The van der Waals surface area contributed by atoms with Gasteiger partial charge in [0, 0.05) is 0 Å². The van der Waals surface area contributed by atoms with E-state index >= 15 is 0 Å². The number of nitrogens with zero attached hydrogens (tertiary/aromatic N) is 1. The van der Waals surface area contributed by atoms with Gasteiger partial charge < -0.3 is 10.2 Å². The average molecular weight is 271 g/mol. The van der Waals surface area contributed by atoms with Crippen molar-refractivity contribution >= 4 is 12.0 Å². The molecule has 1 aromatic rings. The number of aromatic carboxylic acids is 1. The van der Waals surface area contributed by atoms with Gasteiger partial charge >= 0.3 is 5.97 Å². The minimum Gasteiger partial charge on any atom is -0.478 e. The first-order valence-corrected chi connectivity index (χ1v) is 6.49. The SMILES string of the molecule is Cc1cccc(/C=C/[C@@](C)(O)C2(C#N)CC2)c1C(=O)O. The number of aryl methyl sites for hydroxylation is 1. The molecule has 1 saturated carbocycles. The van der Waals surface area contributed by atoms with Crippen LogP contribution in [0.3, 0.4) is 0 Å². The number of carboxylic acids is 1. The average Bonchev–Trinajstić information content (AvgIpc) is 3.17. The summed E-state index contributed by atoms with van der Waals surface area (Å²) < 4.78 is 0. The van der Waals surface area contributed by atoms with E-state index in [0.717, 1.165) is 0 Å². The fourth-order valence-corrected chi connectivity index (χ4v) is 2.39. The molecule has 0 unspecified atom stereocenters. The van der Waals surface area contributed by atoms with Gasteiger partial charge in [0.25, 0.3) is 0 Å². The van der Waals surface area contributed by atoms with Crippen LogP contribution in [-0.4, -0.2) is 21.8 Å². The topological polar surface area (TPSA) is 81.3 Å². The zero-order valence-corrected chi connectivity index (χ0v) is 11.6. The van der Waals surface area contributed by atoms with E-state index in [1.807, 2.05) is 0 Å². The monoisotopic (exact) mass is 271 g/mol. The Labute approximate surface area is 118 Å². The number of aliphatic hydroxyl groups is 1. The predicted molar refractivity (Wildman–Crippen MR) is 75.1 cm³/mol. The standard InChI is InChI=1S/C16H17NO3/c1-11-4-3-5-12(13(11)14(18)19)6-7-15(2,20)16(10-17)8-9-16/h3-7,20H,8-9H2,1-2H3,(H,18,19)/b7-6+/t15-/m1/s1.